The standard InChI is InChI=1S/C17H25N3O/c1-11-7-8-15(17(9-11)21-6)12(2)18-10-16-13(3)19-20(5)14(16)4/h7-9,12,18H,10H2,1-6H3. The number of rotatable bonds is 5. The summed E-state index contributed by atoms with van der Waals surface area (Å²) < 4.78 is 7.43. The number of hydrogen-bond donors (Lipinski definition) is 1. The molecule has 1 atom stereocenters. The highest BCUT2D eigenvalue weighted by Gasteiger charge is 2.14. The average molecular weight is 287 g/mol. The predicted molar refractivity (Wildman–Crippen MR) is 85.7 cm³/mol. The Labute approximate surface area is 127 Å². The number of hydrogen-bond acceptors (Lipinski definition) is 3. The van der Waals surface area contributed by atoms with Crippen LogP contribution in [0.25, 0.3) is 0 Å². The fourth-order valence-electron chi connectivity index (χ4n) is 2.61. The topological polar surface area (TPSA) is 39.1 Å². The first-order chi connectivity index (χ1) is 9.93. The number of nitrogens with one attached hydrogen (secondary N) is 1. The van der Waals surface area contributed by atoms with Crippen LogP contribution in [0.2, 0.25) is 0 Å². The fraction of sp³-hybridized carbons (Fsp3) is 0.471. The molecule has 2 rings (SSSR count). The zero-order valence-electron chi connectivity index (χ0n) is 13.8. The summed E-state index contributed by atoms with van der Waals surface area (Å²) in [5, 5.41) is 8.03. The van der Waals surface area contributed by atoms with Gasteiger partial charge in [0.25, 0.3) is 0 Å². The number of aromatic nitrogens is 2. The van der Waals surface area contributed by atoms with E-state index in [1.807, 2.05) is 11.7 Å². The van der Waals surface area contributed by atoms with E-state index in [1.165, 1.54) is 22.4 Å². The van der Waals surface area contributed by atoms with Crippen molar-refractivity contribution in [3.63, 3.8) is 0 Å². The monoisotopic (exact) mass is 287 g/mol. The highest BCUT2D eigenvalue weighted by molar-refractivity contribution is 5.39. The third-order valence-corrected chi connectivity index (χ3v) is 4.10. The van der Waals surface area contributed by atoms with E-state index in [-0.39, 0.29) is 6.04 Å². The molecule has 0 aliphatic heterocycles. The van der Waals surface area contributed by atoms with E-state index in [0.717, 1.165) is 18.0 Å². The van der Waals surface area contributed by atoms with E-state index in [2.05, 4.69) is 56.3 Å². The van der Waals surface area contributed by atoms with Crippen molar-refractivity contribution in [3.05, 3.63) is 46.3 Å². The van der Waals surface area contributed by atoms with Crippen LogP contribution in [0.1, 0.15) is 41.0 Å². The maximum Gasteiger partial charge on any atom is 0.123 e. The van der Waals surface area contributed by atoms with Crippen molar-refractivity contribution in [2.24, 2.45) is 7.05 Å². The smallest absolute Gasteiger partial charge is 0.123 e. The van der Waals surface area contributed by atoms with Crippen molar-refractivity contribution < 1.29 is 4.74 Å². The molecule has 0 saturated heterocycles. The third-order valence-electron chi connectivity index (χ3n) is 4.10. The summed E-state index contributed by atoms with van der Waals surface area (Å²) in [4.78, 5) is 0. The molecule has 1 unspecified atom stereocenters. The summed E-state index contributed by atoms with van der Waals surface area (Å²) in [5.74, 6) is 0.939. The molecule has 2 aromatic rings. The number of benzene rings is 1. The van der Waals surface area contributed by atoms with Gasteiger partial charge >= 0.3 is 0 Å². The van der Waals surface area contributed by atoms with Crippen LogP contribution in [0, 0.1) is 20.8 Å². The van der Waals surface area contributed by atoms with Crippen molar-refractivity contribution in [1.29, 1.82) is 0 Å². The van der Waals surface area contributed by atoms with Gasteiger partial charge < -0.3 is 10.1 Å². The van der Waals surface area contributed by atoms with Gasteiger partial charge in [-0.15, -0.1) is 0 Å². The van der Waals surface area contributed by atoms with Gasteiger partial charge in [0, 0.05) is 36.5 Å². The Morgan fingerprint density at radius 3 is 2.57 bits per heavy atom. The Bertz CT molecular complexity index is 631. The van der Waals surface area contributed by atoms with Gasteiger partial charge in [-0.2, -0.15) is 5.10 Å². The molecular formula is C17H25N3O. The molecule has 0 amide bonds. The molecule has 0 saturated carbocycles. The molecule has 1 heterocycles. The minimum absolute atomic E-state index is 0.222. The lowest BCUT2D eigenvalue weighted by atomic mass is 10.0. The minimum atomic E-state index is 0.222. The van der Waals surface area contributed by atoms with Crippen molar-refractivity contribution in [2.45, 2.75) is 40.3 Å². The largest absolute Gasteiger partial charge is 0.496 e. The second-order valence-electron chi connectivity index (χ2n) is 5.62. The Balaban J connectivity index is 2.13. The number of ether oxygens (including phenoxy) is 1. The quantitative estimate of drug-likeness (QED) is 0.918. The molecule has 0 fully saturated rings. The summed E-state index contributed by atoms with van der Waals surface area (Å²) in [7, 11) is 3.71. The predicted octanol–water partition coefficient (Wildman–Crippen LogP) is 3.20. The van der Waals surface area contributed by atoms with Crippen LogP contribution >= 0.6 is 0 Å². The van der Waals surface area contributed by atoms with Gasteiger partial charge in [-0.1, -0.05) is 12.1 Å². The van der Waals surface area contributed by atoms with Crippen molar-refractivity contribution in [1.82, 2.24) is 15.1 Å². The van der Waals surface area contributed by atoms with Crippen LogP contribution < -0.4 is 10.1 Å². The Morgan fingerprint density at radius 1 is 1.29 bits per heavy atom. The van der Waals surface area contributed by atoms with Crippen LogP contribution in [0.4, 0.5) is 0 Å². The van der Waals surface area contributed by atoms with Gasteiger partial charge in [-0.3, -0.25) is 4.68 Å². The van der Waals surface area contributed by atoms with E-state index in [9.17, 15) is 0 Å². The number of methoxy groups -OCH3 is 1. The van der Waals surface area contributed by atoms with E-state index in [1.54, 1.807) is 7.11 Å². The normalized spacial score (nSPS) is 12.5. The summed E-state index contributed by atoms with van der Waals surface area (Å²) in [6.45, 7) is 9.21. The molecule has 1 aromatic heterocycles. The first-order valence-electron chi connectivity index (χ1n) is 7.31. The van der Waals surface area contributed by atoms with Crippen LogP contribution in [0.3, 0.4) is 0 Å². The molecule has 21 heavy (non-hydrogen) atoms. The van der Waals surface area contributed by atoms with Gasteiger partial charge in [0.1, 0.15) is 5.75 Å². The Kier molecular flexibility index (Phi) is 4.68. The lowest BCUT2D eigenvalue weighted by molar-refractivity contribution is 0.401. The van der Waals surface area contributed by atoms with E-state index >= 15 is 0 Å². The first-order valence-corrected chi connectivity index (χ1v) is 7.31. The van der Waals surface area contributed by atoms with E-state index in [4.69, 9.17) is 4.74 Å². The van der Waals surface area contributed by atoms with Gasteiger partial charge in [0.15, 0.2) is 0 Å². The molecule has 0 aliphatic rings. The van der Waals surface area contributed by atoms with Crippen LogP contribution in [0.5, 0.6) is 5.75 Å². The van der Waals surface area contributed by atoms with Crippen LogP contribution in [-0.4, -0.2) is 16.9 Å². The Morgan fingerprint density at radius 2 is 2.00 bits per heavy atom. The third kappa shape index (κ3) is 3.27. The summed E-state index contributed by atoms with van der Waals surface area (Å²) in [5.41, 5.74) is 5.97. The van der Waals surface area contributed by atoms with Crippen molar-refractivity contribution >= 4 is 0 Å². The molecule has 1 N–H and O–H groups in total. The van der Waals surface area contributed by atoms with Crippen molar-refractivity contribution in [2.75, 3.05) is 7.11 Å². The second kappa shape index (κ2) is 6.31. The van der Waals surface area contributed by atoms with E-state index in [0.29, 0.717) is 0 Å². The molecular weight excluding hydrogens is 262 g/mol. The molecule has 0 spiro atoms. The molecule has 114 valence electrons. The van der Waals surface area contributed by atoms with Crippen LogP contribution in [0.15, 0.2) is 18.2 Å². The first kappa shape index (κ1) is 15.6. The lowest BCUT2D eigenvalue weighted by Crippen LogP contribution is -2.19. The fourth-order valence-corrected chi connectivity index (χ4v) is 2.61. The molecule has 4 heteroatoms. The molecule has 0 aliphatic carbocycles. The maximum absolute atomic E-state index is 5.49. The summed E-state index contributed by atoms with van der Waals surface area (Å²) in [6, 6.07) is 6.55. The molecule has 0 radical (unpaired) electrons. The highest BCUT2D eigenvalue weighted by atomic mass is 16.5. The molecule has 0 bridgehead atoms. The van der Waals surface area contributed by atoms with Gasteiger partial charge in [-0.05, 0) is 39.3 Å². The summed E-state index contributed by atoms with van der Waals surface area (Å²) in [6.07, 6.45) is 0. The van der Waals surface area contributed by atoms with Crippen LogP contribution in [-0.2, 0) is 13.6 Å². The number of nitrogens with zero attached hydrogens (tertiary/aromatic N) is 2. The minimum Gasteiger partial charge on any atom is -0.496 e. The van der Waals surface area contributed by atoms with Crippen molar-refractivity contribution in [3.8, 4) is 5.75 Å². The average Bonchev–Trinajstić information content (AvgIpc) is 2.69. The summed E-state index contributed by atoms with van der Waals surface area (Å²) >= 11 is 0. The molecule has 1 aromatic carbocycles. The van der Waals surface area contributed by atoms with Gasteiger partial charge in [0.05, 0.1) is 12.8 Å². The van der Waals surface area contributed by atoms with Gasteiger partial charge in [0.2, 0.25) is 0 Å². The highest BCUT2D eigenvalue weighted by Crippen LogP contribution is 2.26. The van der Waals surface area contributed by atoms with E-state index < -0.39 is 0 Å². The zero-order valence-corrected chi connectivity index (χ0v) is 13.8. The second-order valence-corrected chi connectivity index (χ2v) is 5.62. The Hall–Kier alpha value is -1.81. The number of aryl methyl sites for hydroxylation is 3. The maximum atomic E-state index is 5.49. The zero-order chi connectivity index (χ0) is 15.6. The lowest BCUT2D eigenvalue weighted by Gasteiger charge is -2.18. The van der Waals surface area contributed by atoms with Gasteiger partial charge in [-0.25, -0.2) is 0 Å². The SMILES string of the molecule is COc1cc(C)ccc1C(C)NCc1c(C)nn(C)c1C. The molecule has 4 nitrogen and oxygen atoms in total.